The third-order valence-corrected chi connectivity index (χ3v) is 9.00. The number of hydrogen-bond acceptors (Lipinski definition) is 6. The summed E-state index contributed by atoms with van der Waals surface area (Å²) in [6.45, 7) is 5.64. The number of carbonyl (C=O) groups is 3. The van der Waals surface area contributed by atoms with Crippen LogP contribution in [0.25, 0.3) is 0 Å². The number of nitrogens with one attached hydrogen (secondary N) is 1. The number of hydrogen-bond donors (Lipinski definition) is 1. The van der Waals surface area contributed by atoms with Gasteiger partial charge in [0.05, 0.1) is 30.9 Å². The van der Waals surface area contributed by atoms with Crippen LogP contribution in [0.3, 0.4) is 0 Å². The molecule has 0 spiro atoms. The second-order valence-electron chi connectivity index (χ2n) is 11.9. The van der Waals surface area contributed by atoms with Crippen molar-refractivity contribution in [2.75, 3.05) is 44.4 Å². The number of nitrogens with zero attached hydrogens (tertiary/aromatic N) is 4. The minimum absolute atomic E-state index is 0.0823. The van der Waals surface area contributed by atoms with Crippen molar-refractivity contribution in [3.8, 4) is 0 Å². The summed E-state index contributed by atoms with van der Waals surface area (Å²) >= 11 is 0. The van der Waals surface area contributed by atoms with Crippen LogP contribution in [0.4, 0.5) is 23.4 Å². The number of rotatable bonds is 6. The molecule has 1 N–H and O–H groups in total. The molecule has 2 aromatic carbocycles. The second kappa shape index (κ2) is 13.1. The number of morpholine rings is 1. The van der Waals surface area contributed by atoms with Gasteiger partial charge in [0.1, 0.15) is 17.7 Å². The summed E-state index contributed by atoms with van der Waals surface area (Å²) in [5.74, 6) is -3.00. The van der Waals surface area contributed by atoms with E-state index < -0.39 is 41.3 Å². The zero-order valence-corrected chi connectivity index (χ0v) is 25.9. The molecule has 14 heteroatoms. The van der Waals surface area contributed by atoms with Crippen molar-refractivity contribution >= 4 is 23.5 Å². The van der Waals surface area contributed by atoms with E-state index in [9.17, 15) is 31.9 Å². The lowest BCUT2D eigenvalue weighted by molar-refractivity contribution is -0.137. The van der Waals surface area contributed by atoms with Crippen LogP contribution in [0.2, 0.25) is 0 Å². The van der Waals surface area contributed by atoms with E-state index >= 15 is 0 Å². The largest absolute Gasteiger partial charge is 0.416 e. The highest BCUT2D eigenvalue weighted by atomic mass is 19.4. The van der Waals surface area contributed by atoms with Gasteiger partial charge in [-0.2, -0.15) is 18.3 Å². The Morgan fingerprint density at radius 3 is 2.43 bits per heavy atom. The second-order valence-corrected chi connectivity index (χ2v) is 11.9. The molecule has 6 rings (SSSR count). The first kappa shape index (κ1) is 32.6. The van der Waals surface area contributed by atoms with E-state index in [1.807, 2.05) is 6.92 Å². The Hall–Kier alpha value is -4.30. The summed E-state index contributed by atoms with van der Waals surface area (Å²) in [5.41, 5.74) is -0.434. The van der Waals surface area contributed by atoms with Gasteiger partial charge in [0.15, 0.2) is 5.69 Å². The van der Waals surface area contributed by atoms with Crippen molar-refractivity contribution in [2.45, 2.75) is 56.9 Å². The number of halogens is 4. The number of fused-ring (bicyclic) bond motifs is 1. The number of amides is 3. The van der Waals surface area contributed by atoms with Gasteiger partial charge in [-0.25, -0.2) is 9.07 Å². The molecular formula is C33H35F4N5O5. The first-order valence-corrected chi connectivity index (χ1v) is 15.6. The molecule has 3 aliphatic rings. The number of benzene rings is 2. The summed E-state index contributed by atoms with van der Waals surface area (Å²) in [6.07, 6.45) is -3.52. The van der Waals surface area contributed by atoms with Crippen molar-refractivity contribution < 1.29 is 41.4 Å². The molecule has 3 aliphatic heterocycles. The Morgan fingerprint density at radius 2 is 1.77 bits per heavy atom. The molecular weight excluding hydrogens is 622 g/mol. The third kappa shape index (κ3) is 6.23. The van der Waals surface area contributed by atoms with Gasteiger partial charge in [-0.15, -0.1) is 0 Å². The van der Waals surface area contributed by atoms with Crippen molar-refractivity contribution in [1.82, 2.24) is 20.0 Å². The van der Waals surface area contributed by atoms with E-state index in [0.29, 0.717) is 62.8 Å². The Morgan fingerprint density at radius 1 is 1.04 bits per heavy atom. The fraction of sp³-hybridized carbons (Fsp3) is 0.455. The van der Waals surface area contributed by atoms with E-state index in [2.05, 4.69) is 5.32 Å². The number of likely N-dealkylation sites (N-methyl/N-ethyl adjacent to an activating group) is 1. The van der Waals surface area contributed by atoms with Crippen LogP contribution in [0, 0.1) is 5.82 Å². The van der Waals surface area contributed by atoms with Gasteiger partial charge in [-0.3, -0.25) is 19.3 Å². The Kier molecular flexibility index (Phi) is 9.07. The standard InChI is InChI=1S/C33H35F4N5O5/c1-3-40-30-26(28(32(45)41-13-16-47-18-19(41)2)39-42(30)24-11-14-46-15-12-24)25(20-7-9-23(34)10-8-20)27(31(40)44)38-29(43)21-5-4-6-22(17-21)33(35,36)37/h4-10,17,19,24-25,27H,3,11-16,18H2,1-2H3,(H,38,43)/t19-,25+,27+/m1/s1. The summed E-state index contributed by atoms with van der Waals surface area (Å²) in [7, 11) is 0. The molecule has 0 radical (unpaired) electrons. The van der Waals surface area contributed by atoms with Crippen LogP contribution in [-0.2, 0) is 20.4 Å². The van der Waals surface area contributed by atoms with Crippen molar-refractivity contribution in [3.05, 3.63) is 82.3 Å². The summed E-state index contributed by atoms with van der Waals surface area (Å²) in [4.78, 5) is 45.5. The summed E-state index contributed by atoms with van der Waals surface area (Å²) in [5, 5.41) is 7.57. The van der Waals surface area contributed by atoms with Gasteiger partial charge < -0.3 is 19.7 Å². The average molecular weight is 658 g/mol. The monoisotopic (exact) mass is 657 g/mol. The van der Waals surface area contributed by atoms with E-state index in [1.165, 1.54) is 35.2 Å². The molecule has 47 heavy (non-hydrogen) atoms. The molecule has 3 aromatic rings. The Bertz CT molecular complexity index is 1650. The number of aromatic nitrogens is 2. The third-order valence-electron chi connectivity index (χ3n) is 9.00. The molecule has 0 unspecified atom stereocenters. The maximum Gasteiger partial charge on any atom is 0.416 e. The van der Waals surface area contributed by atoms with Crippen LogP contribution in [-0.4, -0.2) is 84.0 Å². The molecule has 0 bridgehead atoms. The van der Waals surface area contributed by atoms with Gasteiger partial charge in [-0.05, 0) is 62.6 Å². The zero-order valence-electron chi connectivity index (χ0n) is 25.9. The van der Waals surface area contributed by atoms with Crippen LogP contribution in [0.15, 0.2) is 48.5 Å². The van der Waals surface area contributed by atoms with E-state index in [4.69, 9.17) is 14.6 Å². The number of ether oxygens (including phenoxy) is 2. The zero-order chi connectivity index (χ0) is 33.5. The molecule has 0 aliphatic carbocycles. The maximum atomic E-state index is 14.4. The highest BCUT2D eigenvalue weighted by Gasteiger charge is 2.48. The van der Waals surface area contributed by atoms with Crippen molar-refractivity contribution in [3.63, 3.8) is 0 Å². The Balaban J connectivity index is 1.53. The predicted octanol–water partition coefficient (Wildman–Crippen LogP) is 4.55. The van der Waals surface area contributed by atoms with Gasteiger partial charge in [0, 0.05) is 43.3 Å². The minimum atomic E-state index is -4.69. The lowest BCUT2D eigenvalue weighted by Gasteiger charge is -2.40. The van der Waals surface area contributed by atoms with E-state index in [1.54, 1.807) is 16.5 Å². The van der Waals surface area contributed by atoms with Crippen molar-refractivity contribution in [2.24, 2.45) is 0 Å². The fourth-order valence-corrected chi connectivity index (χ4v) is 6.62. The maximum absolute atomic E-state index is 14.4. The highest BCUT2D eigenvalue weighted by molar-refractivity contribution is 6.07. The molecule has 250 valence electrons. The number of anilines is 1. The van der Waals surface area contributed by atoms with Gasteiger partial charge in [-0.1, -0.05) is 18.2 Å². The number of carbonyl (C=O) groups excluding carboxylic acids is 3. The highest BCUT2D eigenvalue weighted by Crippen LogP contribution is 2.45. The summed E-state index contributed by atoms with van der Waals surface area (Å²) in [6, 6.07) is 7.45. The first-order chi connectivity index (χ1) is 22.5. The SMILES string of the molecule is CCN1C(=O)[C@@H](NC(=O)c2cccc(C(F)(F)F)c2)[C@@H](c2ccc(F)cc2)c2c(C(=O)N3CCOC[C@H]3C)nn(C3CCOCC3)c21. The molecule has 4 heterocycles. The number of alkyl halides is 3. The van der Waals surface area contributed by atoms with Crippen LogP contribution in [0.5, 0.6) is 0 Å². The van der Waals surface area contributed by atoms with Crippen molar-refractivity contribution in [1.29, 1.82) is 0 Å². The minimum Gasteiger partial charge on any atom is -0.381 e. The molecule has 2 fully saturated rings. The average Bonchev–Trinajstić information content (AvgIpc) is 3.45. The molecule has 3 atom stereocenters. The van der Waals surface area contributed by atoms with E-state index in [-0.39, 0.29) is 35.8 Å². The van der Waals surface area contributed by atoms with E-state index in [0.717, 1.165) is 18.2 Å². The normalized spacial score (nSPS) is 22.3. The van der Waals surface area contributed by atoms with Crippen LogP contribution < -0.4 is 10.2 Å². The smallest absolute Gasteiger partial charge is 0.381 e. The molecule has 3 amide bonds. The van der Waals surface area contributed by atoms with Crippen LogP contribution >= 0.6 is 0 Å². The quantitative estimate of drug-likeness (QED) is 0.390. The fourth-order valence-electron chi connectivity index (χ4n) is 6.62. The molecule has 0 saturated carbocycles. The molecule has 10 nitrogen and oxygen atoms in total. The first-order valence-electron chi connectivity index (χ1n) is 15.6. The van der Waals surface area contributed by atoms with Gasteiger partial charge in [0.25, 0.3) is 17.7 Å². The predicted molar refractivity (Wildman–Crippen MR) is 162 cm³/mol. The molecule has 2 saturated heterocycles. The summed E-state index contributed by atoms with van der Waals surface area (Å²) < 4.78 is 67.6. The lowest BCUT2D eigenvalue weighted by Crippen LogP contribution is -2.56. The van der Waals surface area contributed by atoms with Gasteiger partial charge >= 0.3 is 6.18 Å². The Labute approximate surface area is 268 Å². The topological polar surface area (TPSA) is 106 Å². The van der Waals surface area contributed by atoms with Gasteiger partial charge in [0.2, 0.25) is 0 Å². The van der Waals surface area contributed by atoms with Crippen LogP contribution in [0.1, 0.15) is 76.2 Å². The molecule has 1 aromatic heterocycles. The lowest BCUT2D eigenvalue weighted by atomic mass is 9.80.